The third kappa shape index (κ3) is 2.99. The summed E-state index contributed by atoms with van der Waals surface area (Å²) in [6, 6.07) is 13.4. The van der Waals surface area contributed by atoms with Crippen LogP contribution in [0.5, 0.6) is 5.75 Å². The van der Waals surface area contributed by atoms with Crippen LogP contribution in [0.3, 0.4) is 0 Å². The van der Waals surface area contributed by atoms with Gasteiger partial charge >= 0.3 is 11.1 Å². The van der Waals surface area contributed by atoms with Gasteiger partial charge in [-0.3, -0.25) is 14.2 Å². The van der Waals surface area contributed by atoms with Crippen molar-refractivity contribution in [3.63, 3.8) is 0 Å². The van der Waals surface area contributed by atoms with E-state index in [9.17, 15) is 14.0 Å². The first-order valence-corrected chi connectivity index (χ1v) is 8.45. The van der Waals surface area contributed by atoms with Crippen LogP contribution in [0, 0.1) is 5.82 Å². The van der Waals surface area contributed by atoms with Crippen molar-refractivity contribution in [2.45, 2.75) is 13.1 Å². The minimum atomic E-state index is -0.765. The van der Waals surface area contributed by atoms with Gasteiger partial charge in [0.1, 0.15) is 11.6 Å². The molecule has 1 aliphatic rings. The number of ether oxygens (including phenoxy) is 1. The molecule has 0 amide bonds. The van der Waals surface area contributed by atoms with Crippen LogP contribution < -0.4 is 20.8 Å². The van der Waals surface area contributed by atoms with Gasteiger partial charge in [0.25, 0.3) is 0 Å². The molecule has 7 nitrogen and oxygen atoms in total. The quantitative estimate of drug-likeness (QED) is 0.657. The summed E-state index contributed by atoms with van der Waals surface area (Å²) in [5, 5.41) is 4.35. The van der Waals surface area contributed by atoms with Crippen LogP contribution >= 0.6 is 0 Å². The fraction of sp³-hybridized carbons (Fsp3) is 0.211. The molecule has 0 saturated heterocycles. The van der Waals surface area contributed by atoms with E-state index in [4.69, 9.17) is 4.74 Å². The maximum Gasteiger partial charge on any atom is 0.333 e. The third-order valence-corrected chi connectivity index (χ3v) is 4.56. The number of aromatic nitrogens is 3. The Kier molecular flexibility index (Phi) is 4.23. The van der Waals surface area contributed by atoms with Gasteiger partial charge in [0.05, 0.1) is 13.7 Å². The third-order valence-electron chi connectivity index (χ3n) is 4.56. The second-order valence-corrected chi connectivity index (χ2v) is 6.16. The average Bonchev–Trinajstić information content (AvgIpc) is 3.11. The monoisotopic (exact) mass is 368 g/mol. The maximum atomic E-state index is 13.9. The molecule has 8 heteroatoms. The molecule has 0 N–H and O–H groups in total. The Bertz CT molecular complexity index is 1110. The van der Waals surface area contributed by atoms with E-state index < -0.39 is 16.9 Å². The summed E-state index contributed by atoms with van der Waals surface area (Å²) in [4.78, 5) is 26.7. The lowest BCUT2D eigenvalue weighted by atomic mass is 10.2. The molecule has 0 radical (unpaired) electrons. The molecule has 2 aromatic carbocycles. The fourth-order valence-electron chi connectivity index (χ4n) is 3.13. The SMILES string of the molecule is COc1ccc(N2CCn3c2nn(Cc2ccccc2F)c(=O)c3=O)cc1. The van der Waals surface area contributed by atoms with Crippen LogP contribution in [0.1, 0.15) is 5.56 Å². The highest BCUT2D eigenvalue weighted by atomic mass is 19.1. The van der Waals surface area contributed by atoms with E-state index in [0.29, 0.717) is 30.4 Å². The molecule has 0 bridgehead atoms. The molecule has 0 saturated carbocycles. The molecule has 2 heterocycles. The number of nitrogens with zero attached hydrogens (tertiary/aromatic N) is 4. The summed E-state index contributed by atoms with van der Waals surface area (Å²) in [6.45, 7) is 0.770. The summed E-state index contributed by atoms with van der Waals surface area (Å²) in [5.74, 6) is 0.632. The number of methoxy groups -OCH3 is 1. The normalized spacial score (nSPS) is 12.9. The zero-order valence-electron chi connectivity index (χ0n) is 14.6. The predicted octanol–water partition coefficient (Wildman–Crippen LogP) is 1.75. The molecule has 138 valence electrons. The number of hydrogen-bond donors (Lipinski definition) is 0. The largest absolute Gasteiger partial charge is 0.497 e. The Morgan fingerprint density at radius 2 is 1.78 bits per heavy atom. The Morgan fingerprint density at radius 3 is 2.48 bits per heavy atom. The van der Waals surface area contributed by atoms with Gasteiger partial charge < -0.3 is 9.64 Å². The lowest BCUT2D eigenvalue weighted by molar-refractivity contribution is 0.415. The van der Waals surface area contributed by atoms with Gasteiger partial charge in [-0.05, 0) is 30.3 Å². The first-order valence-electron chi connectivity index (χ1n) is 8.45. The molecule has 0 atom stereocenters. The van der Waals surface area contributed by atoms with Gasteiger partial charge in [-0.1, -0.05) is 18.2 Å². The molecule has 27 heavy (non-hydrogen) atoms. The summed E-state index contributed by atoms with van der Waals surface area (Å²) in [6.07, 6.45) is 0. The minimum Gasteiger partial charge on any atom is -0.497 e. The lowest BCUT2D eigenvalue weighted by Gasteiger charge is -2.18. The van der Waals surface area contributed by atoms with Crippen molar-refractivity contribution in [3.05, 3.63) is 80.6 Å². The smallest absolute Gasteiger partial charge is 0.333 e. The fourth-order valence-corrected chi connectivity index (χ4v) is 3.13. The number of fused-ring (bicyclic) bond motifs is 1. The molecular formula is C19H17FN4O3. The second kappa shape index (κ2) is 6.71. The first kappa shape index (κ1) is 17.0. The van der Waals surface area contributed by atoms with E-state index in [0.717, 1.165) is 10.4 Å². The van der Waals surface area contributed by atoms with Gasteiger partial charge in [-0.15, -0.1) is 5.10 Å². The number of benzene rings is 2. The molecular weight excluding hydrogens is 351 g/mol. The van der Waals surface area contributed by atoms with E-state index in [2.05, 4.69) is 5.10 Å². The zero-order chi connectivity index (χ0) is 19.0. The van der Waals surface area contributed by atoms with E-state index in [1.807, 2.05) is 29.2 Å². The van der Waals surface area contributed by atoms with Crippen LogP contribution in [0.4, 0.5) is 16.0 Å². The first-order chi connectivity index (χ1) is 13.1. The number of hydrogen-bond acceptors (Lipinski definition) is 5. The van der Waals surface area contributed by atoms with Gasteiger partial charge in [0.15, 0.2) is 0 Å². The van der Waals surface area contributed by atoms with Gasteiger partial charge in [0.2, 0.25) is 5.95 Å². The molecule has 3 aromatic rings. The van der Waals surface area contributed by atoms with Gasteiger partial charge in [-0.25, -0.2) is 9.07 Å². The van der Waals surface area contributed by atoms with Crippen molar-refractivity contribution in [1.29, 1.82) is 0 Å². The molecule has 1 aromatic heterocycles. The van der Waals surface area contributed by atoms with Crippen LogP contribution in [0.2, 0.25) is 0 Å². The summed E-state index contributed by atoms with van der Waals surface area (Å²) < 4.78 is 21.5. The van der Waals surface area contributed by atoms with Crippen LogP contribution in [0.25, 0.3) is 0 Å². The lowest BCUT2D eigenvalue weighted by Crippen LogP contribution is -2.42. The van der Waals surface area contributed by atoms with Gasteiger partial charge in [0, 0.05) is 24.3 Å². The standard InChI is InChI=1S/C19H17FN4O3/c1-27-15-8-6-14(7-9-15)22-10-11-23-17(25)18(26)24(21-19(22)23)12-13-4-2-3-5-16(13)20/h2-9H,10-12H2,1H3. The minimum absolute atomic E-state index is 0.106. The van der Waals surface area contributed by atoms with Crippen LogP contribution in [-0.2, 0) is 13.1 Å². The van der Waals surface area contributed by atoms with Crippen molar-refractivity contribution < 1.29 is 9.13 Å². The van der Waals surface area contributed by atoms with Crippen molar-refractivity contribution in [3.8, 4) is 5.75 Å². The Morgan fingerprint density at radius 1 is 1.04 bits per heavy atom. The second-order valence-electron chi connectivity index (χ2n) is 6.16. The highest BCUT2D eigenvalue weighted by molar-refractivity contribution is 5.59. The number of halogens is 1. The Labute approximate surface area is 153 Å². The van der Waals surface area contributed by atoms with E-state index in [1.54, 1.807) is 25.3 Å². The van der Waals surface area contributed by atoms with Crippen molar-refractivity contribution in [1.82, 2.24) is 14.3 Å². The Balaban J connectivity index is 1.76. The summed E-state index contributed by atoms with van der Waals surface area (Å²) in [7, 11) is 1.59. The topological polar surface area (TPSA) is 69.4 Å². The van der Waals surface area contributed by atoms with E-state index in [-0.39, 0.29) is 6.54 Å². The van der Waals surface area contributed by atoms with Crippen LogP contribution in [0.15, 0.2) is 58.1 Å². The van der Waals surface area contributed by atoms with Crippen molar-refractivity contribution in [2.75, 3.05) is 18.6 Å². The van der Waals surface area contributed by atoms with E-state index in [1.165, 1.54) is 10.6 Å². The average molecular weight is 368 g/mol. The molecule has 0 unspecified atom stereocenters. The van der Waals surface area contributed by atoms with Crippen molar-refractivity contribution >= 4 is 11.6 Å². The van der Waals surface area contributed by atoms with Gasteiger partial charge in [-0.2, -0.15) is 0 Å². The highest BCUT2D eigenvalue weighted by Crippen LogP contribution is 2.28. The maximum absolute atomic E-state index is 13.9. The van der Waals surface area contributed by atoms with E-state index >= 15 is 0 Å². The number of anilines is 2. The zero-order valence-corrected chi connectivity index (χ0v) is 14.6. The Hall–Kier alpha value is -3.42. The van der Waals surface area contributed by atoms with Crippen LogP contribution in [-0.4, -0.2) is 28.0 Å². The van der Waals surface area contributed by atoms with Crippen molar-refractivity contribution in [2.24, 2.45) is 0 Å². The molecule has 4 rings (SSSR count). The molecule has 0 fully saturated rings. The molecule has 0 aliphatic carbocycles. The highest BCUT2D eigenvalue weighted by Gasteiger charge is 2.26. The molecule has 1 aliphatic heterocycles. The number of rotatable bonds is 4. The summed E-state index contributed by atoms with van der Waals surface area (Å²) in [5.41, 5.74) is -0.304. The molecule has 0 spiro atoms. The predicted molar refractivity (Wildman–Crippen MR) is 98.3 cm³/mol. The summed E-state index contributed by atoms with van der Waals surface area (Å²) >= 11 is 0.